The van der Waals surface area contributed by atoms with E-state index >= 15 is 0 Å². The zero-order valence-corrected chi connectivity index (χ0v) is 17.5. The molecule has 5 rings (SSSR count). The van der Waals surface area contributed by atoms with Crippen molar-refractivity contribution in [2.45, 2.75) is 64.1 Å². The van der Waals surface area contributed by atoms with E-state index in [1.165, 1.54) is 19.3 Å². The molecular formula is C23H31N5O. The van der Waals surface area contributed by atoms with E-state index in [0.29, 0.717) is 24.5 Å². The molecule has 0 radical (unpaired) electrons. The van der Waals surface area contributed by atoms with Crippen molar-refractivity contribution >= 4 is 5.91 Å². The number of imidazole rings is 1. The topological polar surface area (TPSA) is 54.3 Å². The molecule has 1 amide bonds. The Kier molecular flexibility index (Phi) is 4.69. The number of hydrogen-bond acceptors (Lipinski definition) is 4. The largest absolute Gasteiger partial charge is 0.338 e. The van der Waals surface area contributed by atoms with E-state index in [-0.39, 0.29) is 11.3 Å². The normalized spacial score (nSPS) is 28.0. The molecule has 0 unspecified atom stereocenters. The number of rotatable bonds is 5. The van der Waals surface area contributed by atoms with Crippen LogP contribution in [0.5, 0.6) is 0 Å². The smallest absolute Gasteiger partial charge is 0.231 e. The lowest BCUT2D eigenvalue weighted by atomic mass is 9.75. The molecule has 2 aromatic heterocycles. The lowest BCUT2D eigenvalue weighted by Crippen LogP contribution is -2.42. The Bertz CT molecular complexity index is 874. The Balaban J connectivity index is 1.43. The van der Waals surface area contributed by atoms with Gasteiger partial charge < -0.3 is 9.47 Å². The second kappa shape index (κ2) is 7.24. The van der Waals surface area contributed by atoms with Gasteiger partial charge in [0.1, 0.15) is 0 Å². The van der Waals surface area contributed by atoms with E-state index in [0.717, 1.165) is 37.3 Å². The van der Waals surface area contributed by atoms with Crippen LogP contribution in [0, 0.1) is 5.41 Å². The van der Waals surface area contributed by atoms with Gasteiger partial charge in [0.15, 0.2) is 0 Å². The predicted molar refractivity (Wildman–Crippen MR) is 111 cm³/mol. The SMILES string of the molecule is CC(C)n1cnc([C@@H]2CN(C3CCC3)C[C@@]23CCN(Cc2ccncc2)C3=O)c1. The molecule has 1 aliphatic carbocycles. The molecule has 154 valence electrons. The minimum Gasteiger partial charge on any atom is -0.338 e. The standard InChI is InChI=1S/C23H31N5O/c1-17(2)28-14-21(25-16-28)20-13-27(19-4-3-5-19)15-23(20)8-11-26(22(23)29)12-18-6-9-24-10-7-18/h6-7,9-10,14,16-17,19-20H,3-5,8,11-13,15H2,1-2H3/t20-,23-/m0/s1. The summed E-state index contributed by atoms with van der Waals surface area (Å²) in [5.41, 5.74) is 1.93. The first kappa shape index (κ1) is 18.8. The molecule has 0 N–H and O–H groups in total. The van der Waals surface area contributed by atoms with E-state index in [1.807, 2.05) is 18.5 Å². The number of nitrogens with zero attached hydrogens (tertiary/aromatic N) is 5. The number of aromatic nitrogens is 3. The number of likely N-dealkylation sites (tertiary alicyclic amines) is 2. The van der Waals surface area contributed by atoms with E-state index in [1.54, 1.807) is 12.4 Å². The third-order valence-corrected chi connectivity index (χ3v) is 7.40. The van der Waals surface area contributed by atoms with Crippen LogP contribution in [-0.4, -0.2) is 55.9 Å². The van der Waals surface area contributed by atoms with Crippen LogP contribution in [-0.2, 0) is 11.3 Å². The predicted octanol–water partition coefficient (Wildman–Crippen LogP) is 3.23. The molecule has 2 atom stereocenters. The van der Waals surface area contributed by atoms with Crippen LogP contribution in [0.2, 0.25) is 0 Å². The fraction of sp³-hybridized carbons (Fsp3) is 0.609. The molecule has 1 saturated carbocycles. The third kappa shape index (κ3) is 3.18. The van der Waals surface area contributed by atoms with Crippen molar-refractivity contribution in [3.63, 3.8) is 0 Å². The summed E-state index contributed by atoms with van der Waals surface area (Å²) in [6, 6.07) is 5.06. The number of pyridine rings is 1. The van der Waals surface area contributed by atoms with Crippen LogP contribution in [0.1, 0.15) is 62.7 Å². The van der Waals surface area contributed by atoms with Crippen molar-refractivity contribution in [1.82, 2.24) is 24.3 Å². The fourth-order valence-electron chi connectivity index (χ4n) is 5.36. The molecule has 4 heterocycles. The van der Waals surface area contributed by atoms with Crippen LogP contribution in [0.4, 0.5) is 0 Å². The number of amides is 1. The summed E-state index contributed by atoms with van der Waals surface area (Å²) in [5, 5.41) is 0. The highest BCUT2D eigenvalue weighted by atomic mass is 16.2. The van der Waals surface area contributed by atoms with Crippen molar-refractivity contribution in [2.24, 2.45) is 5.41 Å². The van der Waals surface area contributed by atoms with Gasteiger partial charge in [0.2, 0.25) is 5.91 Å². The Labute approximate surface area is 172 Å². The van der Waals surface area contributed by atoms with Gasteiger partial charge in [-0.15, -0.1) is 0 Å². The summed E-state index contributed by atoms with van der Waals surface area (Å²) < 4.78 is 2.17. The third-order valence-electron chi connectivity index (χ3n) is 7.40. The monoisotopic (exact) mass is 393 g/mol. The highest BCUT2D eigenvalue weighted by molar-refractivity contribution is 5.86. The van der Waals surface area contributed by atoms with Gasteiger partial charge in [-0.2, -0.15) is 0 Å². The van der Waals surface area contributed by atoms with Crippen LogP contribution in [0.15, 0.2) is 37.1 Å². The quantitative estimate of drug-likeness (QED) is 0.783. The minimum atomic E-state index is -0.321. The van der Waals surface area contributed by atoms with Crippen LogP contribution < -0.4 is 0 Å². The molecular weight excluding hydrogens is 362 g/mol. The molecule has 6 heteroatoms. The highest BCUT2D eigenvalue weighted by Crippen LogP contribution is 2.51. The highest BCUT2D eigenvalue weighted by Gasteiger charge is 2.58. The van der Waals surface area contributed by atoms with Crippen LogP contribution in [0.3, 0.4) is 0 Å². The molecule has 2 saturated heterocycles. The maximum absolute atomic E-state index is 13.8. The van der Waals surface area contributed by atoms with Gasteiger partial charge >= 0.3 is 0 Å². The van der Waals surface area contributed by atoms with Gasteiger partial charge in [-0.1, -0.05) is 6.42 Å². The van der Waals surface area contributed by atoms with Gasteiger partial charge in [-0.25, -0.2) is 4.98 Å². The van der Waals surface area contributed by atoms with E-state index < -0.39 is 0 Å². The first-order valence-electron chi connectivity index (χ1n) is 11.0. The second-order valence-corrected chi connectivity index (χ2v) is 9.39. The summed E-state index contributed by atoms with van der Waals surface area (Å²) in [7, 11) is 0. The van der Waals surface area contributed by atoms with Crippen molar-refractivity contribution < 1.29 is 4.79 Å². The van der Waals surface area contributed by atoms with Gasteiger partial charge in [0.05, 0.1) is 17.4 Å². The fourth-order valence-corrected chi connectivity index (χ4v) is 5.36. The lowest BCUT2D eigenvalue weighted by Gasteiger charge is -2.35. The maximum Gasteiger partial charge on any atom is 0.231 e. The zero-order chi connectivity index (χ0) is 20.0. The van der Waals surface area contributed by atoms with E-state index in [9.17, 15) is 4.79 Å². The number of carbonyl (C=O) groups excluding carboxylic acids is 1. The van der Waals surface area contributed by atoms with Crippen LogP contribution in [0.25, 0.3) is 0 Å². The van der Waals surface area contributed by atoms with Crippen LogP contribution >= 0.6 is 0 Å². The number of carbonyl (C=O) groups is 1. The second-order valence-electron chi connectivity index (χ2n) is 9.39. The van der Waals surface area contributed by atoms with Crippen molar-refractivity contribution in [3.05, 3.63) is 48.3 Å². The minimum absolute atomic E-state index is 0.193. The molecule has 1 spiro atoms. The lowest BCUT2D eigenvalue weighted by molar-refractivity contribution is -0.136. The van der Waals surface area contributed by atoms with Gasteiger partial charge in [0, 0.05) is 62.8 Å². The average molecular weight is 394 g/mol. The summed E-state index contributed by atoms with van der Waals surface area (Å²) in [6.07, 6.45) is 12.5. The molecule has 3 aliphatic rings. The molecule has 6 nitrogen and oxygen atoms in total. The Morgan fingerprint density at radius 1 is 1.24 bits per heavy atom. The van der Waals surface area contributed by atoms with Gasteiger partial charge in [0.25, 0.3) is 0 Å². The summed E-state index contributed by atoms with van der Waals surface area (Å²) in [5.74, 6) is 0.512. The molecule has 0 aromatic carbocycles. The van der Waals surface area contributed by atoms with E-state index in [4.69, 9.17) is 4.98 Å². The van der Waals surface area contributed by atoms with Crippen molar-refractivity contribution in [1.29, 1.82) is 0 Å². The van der Waals surface area contributed by atoms with Crippen molar-refractivity contribution in [2.75, 3.05) is 19.6 Å². The zero-order valence-electron chi connectivity index (χ0n) is 17.5. The molecule has 3 fully saturated rings. The summed E-state index contributed by atoms with van der Waals surface area (Å²) in [6.45, 7) is 7.72. The summed E-state index contributed by atoms with van der Waals surface area (Å²) in [4.78, 5) is 27.3. The Morgan fingerprint density at radius 3 is 2.69 bits per heavy atom. The molecule has 29 heavy (non-hydrogen) atoms. The molecule has 2 aliphatic heterocycles. The Morgan fingerprint density at radius 2 is 2.03 bits per heavy atom. The van der Waals surface area contributed by atoms with E-state index in [2.05, 4.69) is 39.4 Å². The average Bonchev–Trinajstić information content (AvgIpc) is 3.36. The summed E-state index contributed by atoms with van der Waals surface area (Å²) >= 11 is 0. The van der Waals surface area contributed by atoms with Gasteiger partial charge in [-0.05, 0) is 50.8 Å². The number of hydrogen-bond donors (Lipinski definition) is 0. The Hall–Kier alpha value is -2.21. The van der Waals surface area contributed by atoms with Crippen molar-refractivity contribution in [3.8, 4) is 0 Å². The van der Waals surface area contributed by atoms with Gasteiger partial charge in [-0.3, -0.25) is 14.7 Å². The first-order valence-corrected chi connectivity index (χ1v) is 11.0. The maximum atomic E-state index is 13.8. The first-order chi connectivity index (χ1) is 14.1. The molecule has 2 aromatic rings. The molecule has 0 bridgehead atoms.